The molecule has 1 amide bonds. The highest BCUT2D eigenvalue weighted by atomic mass is 32.1. The molecule has 2 aliphatic heterocycles. The maximum Gasteiger partial charge on any atom is 0.490 e. The second-order valence-corrected chi connectivity index (χ2v) is 8.29. The van der Waals surface area contributed by atoms with Crippen LogP contribution in [0.1, 0.15) is 24.1 Å². The Morgan fingerprint density at radius 1 is 1.22 bits per heavy atom. The summed E-state index contributed by atoms with van der Waals surface area (Å²) in [5.41, 5.74) is 0. The molecule has 2 saturated heterocycles. The van der Waals surface area contributed by atoms with Gasteiger partial charge in [0.25, 0.3) is 0 Å². The number of halogens is 3. The molecule has 0 saturated carbocycles. The minimum Gasteiger partial charge on any atom is -0.475 e. The number of nitrogens with zero attached hydrogens (tertiary/aromatic N) is 3. The summed E-state index contributed by atoms with van der Waals surface area (Å²) in [6, 6.07) is 6.23. The number of hydrogen-bond donors (Lipinski definition) is 2. The van der Waals surface area contributed by atoms with E-state index in [1.54, 1.807) is 23.7 Å². The molecule has 2 aliphatic rings. The summed E-state index contributed by atoms with van der Waals surface area (Å²) in [4.78, 5) is 33.5. The third-order valence-corrected chi connectivity index (χ3v) is 6.08. The summed E-state index contributed by atoms with van der Waals surface area (Å²) in [5.74, 6) is -1.98. The zero-order valence-corrected chi connectivity index (χ0v) is 17.8. The Labute approximate surface area is 186 Å². The predicted octanol–water partition coefficient (Wildman–Crippen LogP) is 2.66. The van der Waals surface area contributed by atoms with Gasteiger partial charge in [-0.15, -0.1) is 11.3 Å². The highest BCUT2D eigenvalue weighted by molar-refractivity contribution is 7.09. The fraction of sp³-hybridized carbons (Fsp3) is 0.500. The van der Waals surface area contributed by atoms with Gasteiger partial charge >= 0.3 is 12.1 Å². The number of alkyl halides is 3. The molecule has 0 radical (unpaired) electrons. The number of rotatable bonds is 5. The number of fused-ring (bicyclic) bond motifs is 1. The Morgan fingerprint density at radius 3 is 2.56 bits per heavy atom. The van der Waals surface area contributed by atoms with E-state index in [1.807, 2.05) is 12.1 Å². The first-order chi connectivity index (χ1) is 15.3. The molecule has 0 aliphatic carbocycles. The number of carboxylic acids is 1. The minimum atomic E-state index is -5.08. The number of ether oxygens (including phenoxy) is 1. The molecule has 32 heavy (non-hydrogen) atoms. The molecule has 0 bridgehead atoms. The number of carboxylic acid groups (broad SMARTS) is 1. The van der Waals surface area contributed by atoms with Crippen LogP contribution in [-0.4, -0.2) is 64.5 Å². The van der Waals surface area contributed by atoms with Gasteiger partial charge in [0.1, 0.15) is 6.10 Å². The molecular formula is C20H23F3N4O4S. The summed E-state index contributed by atoms with van der Waals surface area (Å²) >= 11 is 1.72. The van der Waals surface area contributed by atoms with E-state index in [1.165, 1.54) is 4.88 Å². The zero-order valence-electron chi connectivity index (χ0n) is 17.0. The minimum absolute atomic E-state index is 0.0180. The normalized spacial score (nSPS) is 22.5. The highest BCUT2D eigenvalue weighted by Crippen LogP contribution is 2.33. The number of aromatic nitrogens is 2. The van der Waals surface area contributed by atoms with Crippen LogP contribution in [0.4, 0.5) is 19.1 Å². The van der Waals surface area contributed by atoms with Gasteiger partial charge in [-0.3, -0.25) is 4.79 Å². The van der Waals surface area contributed by atoms with Crippen LogP contribution in [0.2, 0.25) is 0 Å². The number of thiophene rings is 1. The van der Waals surface area contributed by atoms with E-state index in [0.717, 1.165) is 38.2 Å². The number of nitrogens with one attached hydrogen (secondary N) is 1. The summed E-state index contributed by atoms with van der Waals surface area (Å²) in [6.07, 6.45) is 1.68. The lowest BCUT2D eigenvalue weighted by Crippen LogP contribution is -2.48. The van der Waals surface area contributed by atoms with Crippen LogP contribution in [0.25, 0.3) is 0 Å². The third kappa shape index (κ3) is 6.39. The lowest BCUT2D eigenvalue weighted by Gasteiger charge is -2.35. The third-order valence-electron chi connectivity index (χ3n) is 5.14. The summed E-state index contributed by atoms with van der Waals surface area (Å²) in [6.45, 7) is 1.54. The molecule has 0 spiro atoms. The van der Waals surface area contributed by atoms with Gasteiger partial charge in [-0.2, -0.15) is 13.2 Å². The fourth-order valence-electron chi connectivity index (χ4n) is 3.69. The lowest BCUT2D eigenvalue weighted by atomic mass is 9.98. The summed E-state index contributed by atoms with van der Waals surface area (Å²) in [7, 11) is 0. The second-order valence-electron chi connectivity index (χ2n) is 7.26. The van der Waals surface area contributed by atoms with E-state index < -0.39 is 12.1 Å². The van der Waals surface area contributed by atoms with E-state index in [4.69, 9.17) is 14.6 Å². The van der Waals surface area contributed by atoms with Crippen molar-refractivity contribution in [3.63, 3.8) is 0 Å². The Kier molecular flexibility index (Phi) is 8.02. The molecule has 3 atom stereocenters. The van der Waals surface area contributed by atoms with Crippen molar-refractivity contribution in [1.29, 1.82) is 0 Å². The Bertz CT molecular complexity index is 883. The Hall–Kier alpha value is -2.73. The van der Waals surface area contributed by atoms with Crippen molar-refractivity contribution in [1.82, 2.24) is 15.3 Å². The van der Waals surface area contributed by atoms with Gasteiger partial charge in [0.05, 0.1) is 12.1 Å². The molecule has 4 rings (SSSR count). The lowest BCUT2D eigenvalue weighted by molar-refractivity contribution is -0.192. The molecule has 2 aromatic heterocycles. The molecular weight excluding hydrogens is 449 g/mol. The van der Waals surface area contributed by atoms with Gasteiger partial charge < -0.3 is 20.1 Å². The van der Waals surface area contributed by atoms with E-state index in [0.29, 0.717) is 6.54 Å². The van der Waals surface area contributed by atoms with Crippen LogP contribution in [0.5, 0.6) is 0 Å². The summed E-state index contributed by atoms with van der Waals surface area (Å²) in [5, 5.41) is 12.2. The Morgan fingerprint density at radius 2 is 1.94 bits per heavy atom. The van der Waals surface area contributed by atoms with Crippen molar-refractivity contribution < 1.29 is 32.6 Å². The SMILES string of the molecule is O=C(NCCc1cccs1)[C@@H]1CC[C@@H]2[C@@H](CCN2c2ncccn2)O1.O=C(O)C(F)(F)F. The van der Waals surface area contributed by atoms with Crippen molar-refractivity contribution in [3.05, 3.63) is 40.8 Å². The molecule has 12 heteroatoms. The maximum absolute atomic E-state index is 12.4. The number of hydrogen-bond acceptors (Lipinski definition) is 7. The van der Waals surface area contributed by atoms with E-state index >= 15 is 0 Å². The first-order valence-corrected chi connectivity index (χ1v) is 10.9. The first-order valence-electron chi connectivity index (χ1n) is 10.0. The van der Waals surface area contributed by atoms with Crippen molar-refractivity contribution in [2.45, 2.75) is 50.1 Å². The average molecular weight is 472 g/mol. The molecule has 2 N–H and O–H groups in total. The molecule has 0 unspecified atom stereocenters. The smallest absolute Gasteiger partial charge is 0.475 e. The fourth-order valence-corrected chi connectivity index (χ4v) is 4.39. The molecule has 2 fully saturated rings. The van der Waals surface area contributed by atoms with Crippen LogP contribution in [0.15, 0.2) is 36.0 Å². The zero-order chi connectivity index (χ0) is 23.1. The van der Waals surface area contributed by atoms with Crippen molar-refractivity contribution in [3.8, 4) is 0 Å². The second kappa shape index (κ2) is 10.7. The van der Waals surface area contributed by atoms with E-state index in [-0.39, 0.29) is 24.2 Å². The summed E-state index contributed by atoms with van der Waals surface area (Å²) < 4.78 is 37.8. The van der Waals surface area contributed by atoms with Crippen molar-refractivity contribution in [2.24, 2.45) is 0 Å². The number of carbonyl (C=O) groups is 2. The molecule has 2 aromatic rings. The Balaban J connectivity index is 0.000000360. The topological polar surface area (TPSA) is 105 Å². The molecule has 8 nitrogen and oxygen atoms in total. The molecule has 0 aromatic carbocycles. The largest absolute Gasteiger partial charge is 0.490 e. The van der Waals surface area contributed by atoms with Crippen LogP contribution >= 0.6 is 11.3 Å². The van der Waals surface area contributed by atoms with Gasteiger partial charge in [0.2, 0.25) is 11.9 Å². The van der Waals surface area contributed by atoms with Gasteiger partial charge in [-0.05, 0) is 43.2 Å². The maximum atomic E-state index is 12.4. The molecule has 4 heterocycles. The van der Waals surface area contributed by atoms with Gasteiger partial charge in [-0.25, -0.2) is 14.8 Å². The van der Waals surface area contributed by atoms with Gasteiger partial charge in [-0.1, -0.05) is 6.07 Å². The highest BCUT2D eigenvalue weighted by Gasteiger charge is 2.42. The van der Waals surface area contributed by atoms with Crippen LogP contribution in [0, 0.1) is 0 Å². The van der Waals surface area contributed by atoms with Crippen LogP contribution in [-0.2, 0) is 20.7 Å². The van der Waals surface area contributed by atoms with Crippen LogP contribution < -0.4 is 10.2 Å². The quantitative estimate of drug-likeness (QED) is 0.689. The first kappa shape index (κ1) is 23.9. The number of carbonyl (C=O) groups excluding carboxylic acids is 1. The van der Waals surface area contributed by atoms with Crippen LogP contribution in [0.3, 0.4) is 0 Å². The van der Waals surface area contributed by atoms with E-state index in [9.17, 15) is 18.0 Å². The van der Waals surface area contributed by atoms with Gasteiger partial charge in [0.15, 0.2) is 0 Å². The van der Waals surface area contributed by atoms with Crippen molar-refractivity contribution in [2.75, 3.05) is 18.0 Å². The number of anilines is 1. The number of amides is 1. The predicted molar refractivity (Wildman–Crippen MR) is 110 cm³/mol. The van der Waals surface area contributed by atoms with Gasteiger partial charge in [0, 0.05) is 30.4 Å². The monoisotopic (exact) mass is 472 g/mol. The molecule has 174 valence electrons. The average Bonchev–Trinajstić information content (AvgIpc) is 3.43. The standard InChI is InChI=1S/C18H22N4O2S.C2HF3O2/c23-17(19-10-6-13-3-1-12-25-13)16-5-4-14-15(24-16)7-11-22(14)18-20-8-2-9-21-18;3-2(4,5)1(6)7/h1-3,8-9,12,14-16H,4-7,10-11H2,(H,19,23);(H,6,7)/t14-,15-,16+;/m1./s1. The number of aliphatic carboxylic acids is 1. The van der Waals surface area contributed by atoms with Crippen molar-refractivity contribution >= 4 is 29.2 Å². The van der Waals surface area contributed by atoms with E-state index in [2.05, 4.69) is 31.6 Å².